The van der Waals surface area contributed by atoms with Crippen LogP contribution in [0.4, 0.5) is 5.69 Å². The van der Waals surface area contributed by atoms with Crippen molar-refractivity contribution in [3.63, 3.8) is 0 Å². The molecule has 127 heavy (non-hydrogen) atoms. The normalized spacial score (nSPS) is 11.7. The molecule has 0 fully saturated rings. The topological polar surface area (TPSA) is 330 Å². The highest BCUT2D eigenvalue weighted by Gasteiger charge is 2.31. The maximum absolute atomic E-state index is 12.6. The van der Waals surface area contributed by atoms with Crippen LogP contribution in [-0.2, 0) is 38.1 Å². The zero-order valence-electron chi connectivity index (χ0n) is 68.2. The van der Waals surface area contributed by atoms with Gasteiger partial charge in [0, 0.05) is 121 Å². The van der Waals surface area contributed by atoms with Crippen molar-refractivity contribution in [2.24, 2.45) is 0 Å². The Morgan fingerprint density at radius 3 is 0.961 bits per heavy atom. The Kier molecular flexibility index (Phi) is 31.7. The van der Waals surface area contributed by atoms with Gasteiger partial charge in [-0.25, -0.2) is 9.00 Å². The van der Waals surface area contributed by atoms with E-state index in [9.17, 15) is 68.1 Å². The van der Waals surface area contributed by atoms with E-state index >= 15 is 0 Å². The summed E-state index contributed by atoms with van der Waals surface area (Å²) in [6, 6.07) is 91.9. The van der Waals surface area contributed by atoms with E-state index in [1.54, 1.807) is 78.9 Å². The van der Waals surface area contributed by atoms with E-state index in [1.165, 1.54) is 62.4 Å². The molecule has 18 rings (SSSR count). The number of hydrogen-bond donors (Lipinski definition) is 5. The minimum atomic E-state index is -1.67. The molecule has 0 heterocycles. The zero-order chi connectivity index (χ0) is 91.3. The molecule has 14 aromatic rings. The lowest BCUT2D eigenvalue weighted by Gasteiger charge is -2.08. The van der Waals surface area contributed by atoms with Crippen LogP contribution in [0.5, 0.6) is 23.0 Å². The SMILES string of the molecule is CC(=O)Oc1ccc(C(=O)Cc2ccc3c(c2)C(=O)c2ccccc2-3)cc1.CC(=O)Oc1ccc(C(=O)O)cc1.Cc1ccc(C(=O)Cl)cc1.Cc1ccc(C(=O)Cl)cc1.Nc1ccc2c(c1)C(=O)c1ccccc1-2.O=C(Cc1ccc2c(c1)C(=O)c1ccccc1-2)c1ccc(O)cc1.O=C(Cc1ccc2c(c1)C(O)c1ccccc1-2)c1ccc(O)cc1.O=S(Cl)Cl. The first kappa shape index (κ1) is 93.2. The number of halogens is 4. The minimum absolute atomic E-state index is 0.000587. The van der Waals surface area contributed by atoms with Gasteiger partial charge in [-0.2, -0.15) is 0 Å². The number of nitrogens with two attached hydrogens (primary N) is 1. The number of fused-ring (bicyclic) bond motifs is 12. The van der Waals surface area contributed by atoms with Gasteiger partial charge in [0.25, 0.3) is 10.5 Å². The molecule has 0 aliphatic heterocycles. The van der Waals surface area contributed by atoms with Crippen molar-refractivity contribution >= 4 is 123 Å². The van der Waals surface area contributed by atoms with E-state index in [4.69, 9.17) is 47.7 Å². The van der Waals surface area contributed by atoms with Crippen LogP contribution in [0, 0.1) is 13.8 Å². The number of anilines is 1. The van der Waals surface area contributed by atoms with Gasteiger partial charge in [0.1, 0.15) is 29.1 Å². The highest BCUT2D eigenvalue weighted by atomic mass is 36.0. The summed E-state index contributed by atoms with van der Waals surface area (Å²) >= 11 is 10.4. The smallest absolute Gasteiger partial charge is 0.335 e. The zero-order valence-corrected chi connectivity index (χ0v) is 72.1. The van der Waals surface area contributed by atoms with Gasteiger partial charge in [-0.15, -0.1) is 0 Å². The Labute approximate surface area is 751 Å². The molecule has 14 aromatic carbocycles. The van der Waals surface area contributed by atoms with Gasteiger partial charge < -0.3 is 35.6 Å². The van der Waals surface area contributed by atoms with Gasteiger partial charge >= 0.3 is 17.9 Å². The number of aliphatic hydroxyl groups excluding tert-OH is 1. The third-order valence-corrected chi connectivity index (χ3v) is 20.6. The van der Waals surface area contributed by atoms with Crippen molar-refractivity contribution < 1.29 is 86.8 Å². The number of aromatic hydroxyl groups is 2. The number of aryl methyl sites for hydroxylation is 2. The van der Waals surface area contributed by atoms with Gasteiger partial charge in [0.15, 0.2) is 34.7 Å². The number of benzene rings is 14. The van der Waals surface area contributed by atoms with E-state index in [-0.39, 0.29) is 71.0 Å². The average Bonchev–Trinajstić information content (AvgIpc) is 1.63. The molecule has 0 saturated heterocycles. The molecular formula is C103H77Cl4NO18S. The van der Waals surface area contributed by atoms with Gasteiger partial charge in [-0.3, -0.25) is 47.9 Å². The highest BCUT2D eigenvalue weighted by Crippen LogP contribution is 2.45. The number of rotatable bonds is 14. The number of aromatic carboxylic acids is 1. The van der Waals surface area contributed by atoms with Crippen LogP contribution < -0.4 is 15.2 Å². The largest absolute Gasteiger partial charge is 0.508 e. The number of esters is 2. The molecule has 0 spiro atoms. The van der Waals surface area contributed by atoms with Crippen molar-refractivity contribution in [1.82, 2.24) is 0 Å². The van der Waals surface area contributed by atoms with E-state index in [0.717, 1.165) is 100 Å². The first-order valence-corrected chi connectivity index (χ1v) is 42.6. The van der Waals surface area contributed by atoms with Crippen molar-refractivity contribution in [2.45, 2.75) is 53.1 Å². The fraction of sp³-hybridized carbons (Fsp3) is 0.0777. The summed E-state index contributed by atoms with van der Waals surface area (Å²) in [6.45, 7) is 6.53. The maximum Gasteiger partial charge on any atom is 0.335 e. The number of nitrogen functional groups attached to an aromatic ring is 1. The van der Waals surface area contributed by atoms with Crippen LogP contribution in [0.2, 0.25) is 0 Å². The van der Waals surface area contributed by atoms with Crippen LogP contribution in [0.1, 0.15) is 169 Å². The fourth-order valence-corrected chi connectivity index (χ4v) is 14.2. The van der Waals surface area contributed by atoms with Crippen LogP contribution in [0.15, 0.2) is 315 Å². The molecular weight excluding hydrogens is 1710 g/mol. The van der Waals surface area contributed by atoms with E-state index in [0.29, 0.717) is 61.7 Å². The Morgan fingerprint density at radius 2 is 0.614 bits per heavy atom. The summed E-state index contributed by atoms with van der Waals surface area (Å²) in [7, 11) is 7.36. The molecule has 0 radical (unpaired) electrons. The highest BCUT2D eigenvalue weighted by molar-refractivity contribution is 8.26. The summed E-state index contributed by atoms with van der Waals surface area (Å²) < 4.78 is 18.8. The first-order valence-electron chi connectivity index (χ1n) is 39.0. The Morgan fingerprint density at radius 1 is 0.339 bits per heavy atom. The standard InChI is InChI=1S/C23H16O4.C21H16O3.C21H14O3.C13H9NO.C9H8O4.2C8H7ClO.Cl2OS/c1-14(24)27-17-9-7-16(8-10-17)22(25)13-15-6-11-19-18-4-2-3-5-20(18)23(26)21(19)12-15;2*22-15-8-6-14(7-9-15)20(23)12-13-5-10-17-16-3-1-2-4-18(16)21(24)19(17)11-13;14-8-5-6-10-9-3-1-2-4-11(9)13(15)12(10)7-8;1-6(10)13-8-4-2-7(3-5-8)9(11)12;2*1-6-2-4-7(5-3-6)8(9)10;1-4(2)3/h2-12H,13H2,1H3;1-11,21-22,24H,12H2;1-11,22H,12H2;1-7H,14H2;2-5H,1H3,(H,11,12);2*2-5H,1H3;. The molecule has 636 valence electrons. The van der Waals surface area contributed by atoms with Gasteiger partial charge in [0.05, 0.1) is 5.56 Å². The molecule has 0 amide bonds. The quantitative estimate of drug-likeness (QED) is 0.0222. The molecule has 4 aliphatic rings. The molecule has 0 bridgehead atoms. The predicted octanol–water partition coefficient (Wildman–Crippen LogP) is 21.7. The number of phenols is 2. The molecule has 1 atom stereocenters. The summed E-state index contributed by atoms with van der Waals surface area (Å²) in [5, 5.41) is 36.9. The second kappa shape index (κ2) is 43.2. The van der Waals surface area contributed by atoms with Gasteiger partial charge in [-0.1, -0.05) is 181 Å². The lowest BCUT2D eigenvalue weighted by Crippen LogP contribution is -2.05. The molecule has 4 aliphatic carbocycles. The second-order valence-electron chi connectivity index (χ2n) is 29.0. The number of Topliss-reactive ketones (excluding diaryl/α,β-unsaturated/α-hetero) is 3. The molecule has 19 nitrogen and oxygen atoms in total. The number of carboxylic acids is 1. The van der Waals surface area contributed by atoms with E-state index < -0.39 is 43.7 Å². The number of phenolic OH excluding ortho intramolecular Hbond substituents is 2. The monoisotopic (exact) mass is 1790 g/mol. The van der Waals surface area contributed by atoms with Crippen LogP contribution in [-0.4, -0.2) is 87.7 Å². The Bertz CT molecular complexity index is 6520. The third kappa shape index (κ3) is 24.5. The predicted molar refractivity (Wildman–Crippen MR) is 492 cm³/mol. The Balaban J connectivity index is 0.000000147. The minimum Gasteiger partial charge on any atom is -0.508 e. The number of aliphatic hydroxyl groups is 1. The number of carboxylic acid groups (broad SMARTS) is 1. The first-order chi connectivity index (χ1) is 60.8. The Hall–Kier alpha value is -14.5. The van der Waals surface area contributed by atoms with Crippen molar-refractivity contribution in [2.75, 3.05) is 5.73 Å². The maximum atomic E-state index is 12.6. The fourth-order valence-electron chi connectivity index (χ4n) is 14.0. The summed E-state index contributed by atoms with van der Waals surface area (Å²) in [4.78, 5) is 127. The molecule has 1 unspecified atom stereocenters. The van der Waals surface area contributed by atoms with Crippen LogP contribution in [0.25, 0.3) is 44.5 Å². The molecule has 24 heteroatoms. The number of carbonyl (C=O) groups excluding carboxylic acids is 10. The molecule has 0 aromatic heterocycles. The van der Waals surface area contributed by atoms with E-state index in [2.05, 4.69) is 21.4 Å². The number of carbonyl (C=O) groups is 11. The van der Waals surface area contributed by atoms with Gasteiger partial charge in [0.2, 0.25) is 9.23 Å². The number of ether oxygens (including phenoxy) is 2. The van der Waals surface area contributed by atoms with Crippen molar-refractivity contribution in [3.05, 3.63) is 421 Å². The molecule has 6 N–H and O–H groups in total. The van der Waals surface area contributed by atoms with Crippen molar-refractivity contribution in [1.29, 1.82) is 0 Å². The summed E-state index contributed by atoms with van der Waals surface area (Å²) in [5.74, 6) is -0.844. The van der Waals surface area contributed by atoms with E-state index in [1.807, 2.05) is 202 Å². The lowest BCUT2D eigenvalue weighted by molar-refractivity contribution is -0.132. The number of ketones is 6. The lowest BCUT2D eigenvalue weighted by atomic mass is 9.98. The van der Waals surface area contributed by atoms with Gasteiger partial charge in [-0.05, 0) is 255 Å². The second-order valence-corrected chi connectivity index (χ2v) is 32.2. The average molecular weight is 1790 g/mol. The van der Waals surface area contributed by atoms with Crippen molar-refractivity contribution in [3.8, 4) is 67.5 Å². The van der Waals surface area contributed by atoms with Crippen LogP contribution in [0.3, 0.4) is 0 Å². The molecule has 0 saturated carbocycles. The number of hydrogen-bond acceptors (Lipinski definition) is 18. The van der Waals surface area contributed by atoms with Crippen LogP contribution >= 0.6 is 44.6 Å². The summed E-state index contributed by atoms with van der Waals surface area (Å²) in [6.07, 6.45) is 0.0482. The summed E-state index contributed by atoms with van der Waals surface area (Å²) in [5.41, 5.74) is 27.7. The third-order valence-electron chi connectivity index (χ3n) is 20.1.